The molecule has 4 heteroatoms. The number of halogens is 2. The Balaban J connectivity index is 2.81. The molecule has 1 aromatic heterocycles. The van der Waals surface area contributed by atoms with Crippen LogP contribution in [0.5, 0.6) is 5.75 Å². The molecular formula is C11H9ClFNO. The Morgan fingerprint density at radius 1 is 1.33 bits per heavy atom. The molecule has 15 heavy (non-hydrogen) atoms. The third-order valence-corrected chi connectivity index (χ3v) is 2.45. The van der Waals surface area contributed by atoms with E-state index in [0.717, 1.165) is 10.9 Å². The summed E-state index contributed by atoms with van der Waals surface area (Å²) in [5.74, 6) is -0.214. The number of aromatic nitrogens is 1. The zero-order chi connectivity index (χ0) is 11.0. The van der Waals surface area contributed by atoms with Gasteiger partial charge in [-0.15, -0.1) is 0 Å². The molecule has 78 valence electrons. The standard InChI is InChI=1S/C11H9ClFNO/c1-6-3-11(12)14-9-5-8(13)10(15-2)4-7(6)9/h3-5H,1-2H3. The zero-order valence-corrected chi connectivity index (χ0v) is 9.10. The number of methoxy groups -OCH3 is 1. The SMILES string of the molecule is COc1cc2c(C)cc(Cl)nc2cc1F. The molecule has 0 aliphatic rings. The molecule has 0 spiro atoms. The molecule has 0 fully saturated rings. The predicted molar refractivity (Wildman–Crippen MR) is 58.0 cm³/mol. The van der Waals surface area contributed by atoms with Crippen LogP contribution in [0.15, 0.2) is 18.2 Å². The highest BCUT2D eigenvalue weighted by atomic mass is 35.5. The second-order valence-corrected chi connectivity index (χ2v) is 3.65. The fourth-order valence-corrected chi connectivity index (χ4v) is 1.77. The lowest BCUT2D eigenvalue weighted by Gasteiger charge is -2.06. The summed E-state index contributed by atoms with van der Waals surface area (Å²) >= 11 is 5.79. The van der Waals surface area contributed by atoms with E-state index in [2.05, 4.69) is 4.98 Å². The monoisotopic (exact) mass is 225 g/mol. The van der Waals surface area contributed by atoms with Crippen LogP contribution in [0.25, 0.3) is 10.9 Å². The number of pyridine rings is 1. The van der Waals surface area contributed by atoms with E-state index < -0.39 is 5.82 Å². The summed E-state index contributed by atoms with van der Waals surface area (Å²) in [6, 6.07) is 4.69. The molecule has 2 aromatic rings. The molecule has 2 nitrogen and oxygen atoms in total. The van der Waals surface area contributed by atoms with Crippen molar-refractivity contribution >= 4 is 22.5 Å². The lowest BCUT2D eigenvalue weighted by Crippen LogP contribution is -1.91. The fraction of sp³-hybridized carbons (Fsp3) is 0.182. The molecule has 0 aliphatic heterocycles. The van der Waals surface area contributed by atoms with Crippen molar-refractivity contribution in [2.45, 2.75) is 6.92 Å². The van der Waals surface area contributed by atoms with Gasteiger partial charge in [-0.1, -0.05) is 11.6 Å². The van der Waals surface area contributed by atoms with Crippen LogP contribution in [0.3, 0.4) is 0 Å². The molecule has 0 unspecified atom stereocenters. The molecule has 0 N–H and O–H groups in total. The molecule has 0 amide bonds. The molecule has 0 radical (unpaired) electrons. The lowest BCUT2D eigenvalue weighted by molar-refractivity contribution is 0.387. The number of rotatable bonds is 1. The van der Waals surface area contributed by atoms with Gasteiger partial charge in [0.2, 0.25) is 0 Å². The van der Waals surface area contributed by atoms with E-state index in [9.17, 15) is 4.39 Å². The molecule has 0 bridgehead atoms. The lowest BCUT2D eigenvalue weighted by atomic mass is 10.1. The molecule has 2 rings (SSSR count). The first-order valence-electron chi connectivity index (χ1n) is 4.42. The Morgan fingerprint density at radius 2 is 2.07 bits per heavy atom. The minimum absolute atomic E-state index is 0.217. The second kappa shape index (κ2) is 3.66. The van der Waals surface area contributed by atoms with Gasteiger partial charge >= 0.3 is 0 Å². The van der Waals surface area contributed by atoms with Crippen molar-refractivity contribution in [3.05, 3.63) is 34.7 Å². The van der Waals surface area contributed by atoms with E-state index in [4.69, 9.17) is 16.3 Å². The highest BCUT2D eigenvalue weighted by Gasteiger charge is 2.08. The summed E-state index contributed by atoms with van der Waals surface area (Å²) in [5, 5.41) is 1.21. The van der Waals surface area contributed by atoms with Crippen molar-refractivity contribution in [1.82, 2.24) is 4.98 Å². The summed E-state index contributed by atoms with van der Waals surface area (Å²) in [6.07, 6.45) is 0. The van der Waals surface area contributed by atoms with Gasteiger partial charge in [-0.2, -0.15) is 0 Å². The topological polar surface area (TPSA) is 22.1 Å². The van der Waals surface area contributed by atoms with Crippen LogP contribution in [0.1, 0.15) is 5.56 Å². The van der Waals surface area contributed by atoms with Gasteiger partial charge in [0, 0.05) is 11.5 Å². The Bertz CT molecular complexity index is 527. The predicted octanol–water partition coefficient (Wildman–Crippen LogP) is 3.34. The first-order valence-corrected chi connectivity index (χ1v) is 4.80. The number of nitrogens with zero attached hydrogens (tertiary/aromatic N) is 1. The van der Waals surface area contributed by atoms with Crippen molar-refractivity contribution in [3.63, 3.8) is 0 Å². The normalized spacial score (nSPS) is 10.7. The molecule has 0 atom stereocenters. The van der Waals surface area contributed by atoms with Crippen LogP contribution < -0.4 is 4.74 Å². The highest BCUT2D eigenvalue weighted by molar-refractivity contribution is 6.29. The van der Waals surface area contributed by atoms with Crippen molar-refractivity contribution in [3.8, 4) is 5.75 Å². The first kappa shape index (κ1) is 10.2. The maximum atomic E-state index is 13.4. The summed E-state index contributed by atoms with van der Waals surface area (Å²) < 4.78 is 18.3. The highest BCUT2D eigenvalue weighted by Crippen LogP contribution is 2.27. The van der Waals surface area contributed by atoms with Crippen molar-refractivity contribution < 1.29 is 9.13 Å². The van der Waals surface area contributed by atoms with Crippen molar-refractivity contribution in [2.24, 2.45) is 0 Å². The summed E-state index contributed by atoms with van der Waals surface area (Å²) in [6.45, 7) is 1.90. The Kier molecular flexibility index (Phi) is 2.49. The average molecular weight is 226 g/mol. The van der Waals surface area contributed by atoms with Crippen LogP contribution in [0, 0.1) is 12.7 Å². The Morgan fingerprint density at radius 3 is 2.73 bits per heavy atom. The third kappa shape index (κ3) is 1.75. The molecule has 0 aliphatic carbocycles. The van der Waals surface area contributed by atoms with Gasteiger partial charge in [0.25, 0.3) is 0 Å². The van der Waals surface area contributed by atoms with Crippen LogP contribution in [0.4, 0.5) is 4.39 Å². The van der Waals surface area contributed by atoms with Crippen LogP contribution in [0.2, 0.25) is 5.15 Å². The zero-order valence-electron chi connectivity index (χ0n) is 8.34. The van der Waals surface area contributed by atoms with Gasteiger partial charge < -0.3 is 4.74 Å². The molecule has 0 saturated carbocycles. The molecule has 1 aromatic carbocycles. The average Bonchev–Trinajstić information content (AvgIpc) is 2.16. The summed E-state index contributed by atoms with van der Waals surface area (Å²) in [7, 11) is 1.43. The van der Waals surface area contributed by atoms with E-state index in [0.29, 0.717) is 10.7 Å². The third-order valence-electron chi connectivity index (χ3n) is 2.26. The van der Waals surface area contributed by atoms with E-state index in [-0.39, 0.29) is 5.75 Å². The number of hydrogen-bond donors (Lipinski definition) is 0. The van der Waals surface area contributed by atoms with E-state index in [1.807, 2.05) is 6.92 Å². The van der Waals surface area contributed by atoms with Crippen molar-refractivity contribution in [1.29, 1.82) is 0 Å². The van der Waals surface area contributed by atoms with Gasteiger partial charge in [-0.25, -0.2) is 9.37 Å². The minimum atomic E-state index is -0.431. The van der Waals surface area contributed by atoms with Gasteiger partial charge in [-0.3, -0.25) is 0 Å². The second-order valence-electron chi connectivity index (χ2n) is 3.27. The maximum absolute atomic E-state index is 13.4. The number of fused-ring (bicyclic) bond motifs is 1. The van der Waals surface area contributed by atoms with Gasteiger partial charge in [0.1, 0.15) is 5.15 Å². The quantitative estimate of drug-likeness (QED) is 0.695. The van der Waals surface area contributed by atoms with Crippen molar-refractivity contribution in [2.75, 3.05) is 7.11 Å². The van der Waals surface area contributed by atoms with Gasteiger partial charge in [0.05, 0.1) is 12.6 Å². The summed E-state index contributed by atoms with van der Waals surface area (Å²) in [5.41, 5.74) is 1.49. The molecule has 0 saturated heterocycles. The maximum Gasteiger partial charge on any atom is 0.167 e. The minimum Gasteiger partial charge on any atom is -0.494 e. The fourth-order valence-electron chi connectivity index (χ4n) is 1.51. The number of ether oxygens (including phenoxy) is 1. The number of benzene rings is 1. The van der Waals surface area contributed by atoms with Crippen LogP contribution >= 0.6 is 11.6 Å². The largest absolute Gasteiger partial charge is 0.494 e. The van der Waals surface area contributed by atoms with Gasteiger partial charge in [-0.05, 0) is 24.6 Å². The van der Waals surface area contributed by atoms with Gasteiger partial charge in [0.15, 0.2) is 11.6 Å². The first-order chi connectivity index (χ1) is 7.11. The Labute approximate surface area is 91.6 Å². The Hall–Kier alpha value is -1.35. The van der Waals surface area contributed by atoms with E-state index in [1.165, 1.54) is 13.2 Å². The molecule has 1 heterocycles. The van der Waals surface area contributed by atoms with E-state index in [1.54, 1.807) is 12.1 Å². The summed E-state index contributed by atoms with van der Waals surface area (Å²) in [4.78, 5) is 4.04. The smallest absolute Gasteiger partial charge is 0.167 e. The van der Waals surface area contributed by atoms with Crippen LogP contribution in [-0.4, -0.2) is 12.1 Å². The number of aryl methyl sites for hydroxylation is 1. The van der Waals surface area contributed by atoms with Crippen LogP contribution in [-0.2, 0) is 0 Å². The van der Waals surface area contributed by atoms with E-state index >= 15 is 0 Å². The molecular weight excluding hydrogens is 217 g/mol. The number of hydrogen-bond acceptors (Lipinski definition) is 2.